The molecule has 1 N–H and O–H groups in total. The van der Waals surface area contributed by atoms with Crippen LogP contribution in [0.4, 0.5) is 0 Å². The Bertz CT molecular complexity index is 207. The van der Waals surface area contributed by atoms with Crippen LogP contribution in [0.25, 0.3) is 0 Å². The Balaban J connectivity index is 4.45. The van der Waals surface area contributed by atoms with E-state index < -0.39 is 8.03 Å². The molecule has 2 nitrogen and oxygen atoms in total. The van der Waals surface area contributed by atoms with Crippen LogP contribution in [0.2, 0.25) is 0 Å². The molecule has 0 amide bonds. The second-order valence-corrected chi connectivity index (χ2v) is 5.06. The summed E-state index contributed by atoms with van der Waals surface area (Å²) in [6, 6.07) is 0. The van der Waals surface area contributed by atoms with Crippen LogP contribution in [0.15, 0.2) is 24.8 Å². The zero-order chi connectivity index (χ0) is 11.8. The van der Waals surface area contributed by atoms with Gasteiger partial charge >= 0.3 is 0 Å². The van der Waals surface area contributed by atoms with E-state index in [1.54, 1.807) is 6.08 Å². The molecule has 0 aromatic heterocycles. The topological polar surface area (TPSA) is 29.5 Å². The highest BCUT2D eigenvalue weighted by Crippen LogP contribution is 2.33. The van der Waals surface area contributed by atoms with Gasteiger partial charge in [-0.2, -0.15) is 0 Å². The first-order valence-corrected chi connectivity index (χ1v) is 6.85. The van der Waals surface area contributed by atoms with Gasteiger partial charge in [-0.3, -0.25) is 0 Å². The molecule has 0 aliphatic carbocycles. The monoisotopic (exact) mass is 226 g/mol. The van der Waals surface area contributed by atoms with E-state index in [0.717, 1.165) is 0 Å². The molecule has 4 unspecified atom stereocenters. The summed E-state index contributed by atoms with van der Waals surface area (Å²) in [6.07, 6.45) is 5.60. The molecule has 0 bridgehead atoms. The minimum absolute atomic E-state index is 0.0349. The van der Waals surface area contributed by atoms with Crippen LogP contribution in [0.1, 0.15) is 13.8 Å². The van der Waals surface area contributed by atoms with Gasteiger partial charge in [0.1, 0.15) is 7.57 Å². The van der Waals surface area contributed by atoms with Gasteiger partial charge in [-0.1, -0.05) is 38.7 Å². The molecular weight excluding hydrogens is 206 g/mol. The predicted molar refractivity (Wildman–Crippen MR) is 68.2 cm³/mol. The maximum Gasteiger partial charge on any atom is 0.148 e. The number of rotatable bonds is 7. The molecule has 0 fully saturated rings. The smallest absolute Gasteiger partial charge is 0.148 e. The molecule has 15 heavy (non-hydrogen) atoms. The zero-order valence-electron chi connectivity index (χ0n) is 9.76. The Labute approximate surface area is 95.6 Å². The highest BCUT2D eigenvalue weighted by atomic mass is 31.1. The van der Waals surface area contributed by atoms with Gasteiger partial charge in [-0.15, -0.1) is 0 Å². The lowest BCUT2D eigenvalue weighted by atomic mass is 9.94. The van der Waals surface area contributed by atoms with Crippen molar-refractivity contribution in [3.63, 3.8) is 0 Å². The molecule has 2 radical (unpaired) electrons. The van der Waals surface area contributed by atoms with Crippen LogP contribution in [-0.2, 0) is 4.52 Å². The van der Waals surface area contributed by atoms with E-state index in [4.69, 9.17) is 17.2 Å². The van der Waals surface area contributed by atoms with E-state index in [-0.39, 0.29) is 24.5 Å². The van der Waals surface area contributed by atoms with E-state index >= 15 is 0 Å². The van der Waals surface area contributed by atoms with E-state index in [2.05, 4.69) is 13.5 Å². The summed E-state index contributed by atoms with van der Waals surface area (Å²) in [5, 5.41) is 9.13. The third-order valence-electron chi connectivity index (χ3n) is 2.21. The van der Waals surface area contributed by atoms with Crippen molar-refractivity contribution < 1.29 is 9.63 Å². The van der Waals surface area contributed by atoms with Crippen molar-refractivity contribution in [1.82, 2.24) is 0 Å². The minimum Gasteiger partial charge on any atom is -0.396 e. The number of aliphatic hydroxyl groups excluding tert-OH is 1. The summed E-state index contributed by atoms with van der Waals surface area (Å²) < 4.78 is 5.66. The summed E-state index contributed by atoms with van der Waals surface area (Å²) in [5.41, 5.74) is 0. The van der Waals surface area contributed by atoms with Crippen molar-refractivity contribution in [3.05, 3.63) is 24.8 Å². The van der Waals surface area contributed by atoms with Crippen LogP contribution in [0, 0.1) is 11.8 Å². The second kappa shape index (κ2) is 8.09. The second-order valence-electron chi connectivity index (χ2n) is 3.76. The fourth-order valence-corrected chi connectivity index (χ4v) is 2.16. The maximum absolute atomic E-state index is 9.13. The maximum atomic E-state index is 9.13. The van der Waals surface area contributed by atoms with Gasteiger partial charge in [0.25, 0.3) is 0 Å². The molecule has 0 aliphatic rings. The van der Waals surface area contributed by atoms with Crippen LogP contribution in [0.3, 0.4) is 0 Å². The Hall–Kier alpha value is -0.105. The summed E-state index contributed by atoms with van der Waals surface area (Å²) >= 11 is 0. The van der Waals surface area contributed by atoms with Gasteiger partial charge in [-0.05, 0) is 14.7 Å². The van der Waals surface area contributed by atoms with Crippen molar-refractivity contribution in [3.8, 4) is 0 Å². The van der Waals surface area contributed by atoms with Gasteiger partial charge < -0.3 is 9.63 Å². The number of allylic oxidation sites excluding steroid dienone is 2. The highest BCUT2D eigenvalue weighted by Gasteiger charge is 2.23. The SMILES string of the molecule is [B]P(C)OC(C(C)/C=C\C=C)C(C)CO. The summed E-state index contributed by atoms with van der Waals surface area (Å²) in [6.45, 7) is 9.60. The van der Waals surface area contributed by atoms with Gasteiger partial charge in [0, 0.05) is 18.4 Å². The third-order valence-corrected chi connectivity index (χ3v) is 2.78. The average Bonchev–Trinajstić information content (AvgIpc) is 2.21. The van der Waals surface area contributed by atoms with Gasteiger partial charge in [0.05, 0.1) is 6.10 Å². The summed E-state index contributed by atoms with van der Waals surface area (Å²) in [7, 11) is 4.77. The van der Waals surface area contributed by atoms with E-state index in [1.165, 1.54) is 0 Å². The molecule has 84 valence electrons. The summed E-state index contributed by atoms with van der Waals surface area (Å²) in [4.78, 5) is 0. The Morgan fingerprint density at radius 2 is 2.13 bits per heavy atom. The Kier molecular flexibility index (Phi) is 8.04. The lowest BCUT2D eigenvalue weighted by molar-refractivity contribution is 0.0842. The van der Waals surface area contributed by atoms with Crippen molar-refractivity contribution in [2.75, 3.05) is 13.3 Å². The lowest BCUT2D eigenvalue weighted by Crippen LogP contribution is -2.28. The van der Waals surface area contributed by atoms with Gasteiger partial charge in [0.15, 0.2) is 0 Å². The first kappa shape index (κ1) is 14.9. The molecule has 4 atom stereocenters. The summed E-state index contributed by atoms with van der Waals surface area (Å²) in [5.74, 6) is 0.307. The quantitative estimate of drug-likeness (QED) is 0.410. The average molecular weight is 226 g/mol. The molecule has 0 rings (SSSR count). The first-order valence-electron chi connectivity index (χ1n) is 5.08. The molecule has 0 aromatic carbocycles. The third kappa shape index (κ3) is 6.14. The predicted octanol–water partition coefficient (Wildman–Crippen LogP) is 2.49. The number of hydrogen-bond donors (Lipinski definition) is 1. The van der Waals surface area contributed by atoms with E-state index in [1.807, 2.05) is 25.7 Å². The first-order chi connectivity index (χ1) is 7.02. The van der Waals surface area contributed by atoms with Crippen molar-refractivity contribution >= 4 is 15.6 Å². The molecular formula is C11H20BO2P. The Morgan fingerprint density at radius 3 is 2.53 bits per heavy atom. The minimum atomic E-state index is -0.896. The van der Waals surface area contributed by atoms with Crippen molar-refractivity contribution in [2.24, 2.45) is 11.8 Å². The van der Waals surface area contributed by atoms with Crippen LogP contribution in [-0.4, -0.2) is 32.0 Å². The molecule has 0 heterocycles. The van der Waals surface area contributed by atoms with Crippen LogP contribution < -0.4 is 0 Å². The molecule has 0 aromatic rings. The van der Waals surface area contributed by atoms with Gasteiger partial charge in [-0.25, -0.2) is 0 Å². The van der Waals surface area contributed by atoms with E-state index in [9.17, 15) is 0 Å². The van der Waals surface area contributed by atoms with Gasteiger partial charge in [0.2, 0.25) is 0 Å². The fraction of sp³-hybridized carbons (Fsp3) is 0.636. The fourth-order valence-electron chi connectivity index (χ4n) is 1.38. The molecule has 0 saturated carbocycles. The highest BCUT2D eigenvalue weighted by molar-refractivity contribution is 7.77. The Morgan fingerprint density at radius 1 is 1.53 bits per heavy atom. The molecule has 0 spiro atoms. The standard InChI is InChI=1S/C11H20BO2P/c1-5-6-7-9(2)11(10(3)8-13)14-15(4)12/h5-7,9-11,13H,1,8H2,2-4H3/b7-6-. The lowest BCUT2D eigenvalue weighted by Gasteiger charge is -2.29. The number of hydrogen-bond acceptors (Lipinski definition) is 2. The van der Waals surface area contributed by atoms with Crippen molar-refractivity contribution in [1.29, 1.82) is 0 Å². The van der Waals surface area contributed by atoms with Crippen LogP contribution >= 0.6 is 8.03 Å². The number of aliphatic hydroxyl groups is 1. The largest absolute Gasteiger partial charge is 0.396 e. The molecule has 4 heteroatoms. The van der Waals surface area contributed by atoms with Crippen LogP contribution in [0.5, 0.6) is 0 Å². The van der Waals surface area contributed by atoms with E-state index in [0.29, 0.717) is 0 Å². The normalized spacial score (nSPS) is 19.7. The zero-order valence-corrected chi connectivity index (χ0v) is 10.7. The molecule has 0 saturated heterocycles. The molecule has 0 aliphatic heterocycles. The van der Waals surface area contributed by atoms with Crippen molar-refractivity contribution in [2.45, 2.75) is 20.0 Å².